The van der Waals surface area contributed by atoms with E-state index in [-0.39, 0.29) is 6.61 Å². The van der Waals surface area contributed by atoms with Crippen LogP contribution in [0, 0.1) is 6.92 Å². The van der Waals surface area contributed by atoms with E-state index in [1.54, 1.807) is 16.4 Å². The minimum atomic E-state index is -3.55. The first-order valence-electron chi connectivity index (χ1n) is 11.8. The summed E-state index contributed by atoms with van der Waals surface area (Å²) in [5.74, 6) is 0. The molecule has 0 atom stereocenters. The Kier molecular flexibility index (Phi) is 7.15. The summed E-state index contributed by atoms with van der Waals surface area (Å²) in [7, 11) is -3.55. The molecule has 0 unspecified atom stereocenters. The van der Waals surface area contributed by atoms with Crippen LogP contribution in [0.15, 0.2) is 35.2 Å². The minimum Gasteiger partial charge on any atom is -0.392 e. The van der Waals surface area contributed by atoms with E-state index >= 15 is 0 Å². The molecule has 31 heavy (non-hydrogen) atoms. The summed E-state index contributed by atoms with van der Waals surface area (Å²) in [6.45, 7) is 2.86. The first-order chi connectivity index (χ1) is 15.0. The Morgan fingerprint density at radius 2 is 1.39 bits per heavy atom. The molecule has 1 heterocycles. The monoisotopic (exact) mass is 441 g/mol. The number of benzene rings is 2. The number of rotatable bonds is 3. The fraction of sp³-hybridized carbons (Fsp3) is 0.538. The van der Waals surface area contributed by atoms with Gasteiger partial charge in [-0.3, -0.25) is 0 Å². The van der Waals surface area contributed by atoms with Crippen molar-refractivity contribution in [2.75, 3.05) is 0 Å². The average molecular weight is 442 g/mol. The van der Waals surface area contributed by atoms with Gasteiger partial charge in [0.25, 0.3) is 0 Å². The number of aryl methyl sites for hydroxylation is 2. The molecule has 0 aromatic heterocycles. The van der Waals surface area contributed by atoms with Crippen LogP contribution in [0.3, 0.4) is 0 Å². The zero-order valence-corrected chi connectivity index (χ0v) is 19.5. The van der Waals surface area contributed by atoms with Crippen molar-refractivity contribution >= 4 is 10.0 Å². The number of hydrogen-bond donors (Lipinski definition) is 1. The number of nitrogens with zero attached hydrogens (tertiary/aromatic N) is 1. The van der Waals surface area contributed by atoms with E-state index in [0.29, 0.717) is 18.0 Å². The van der Waals surface area contributed by atoms with Gasteiger partial charge >= 0.3 is 0 Å². The highest BCUT2D eigenvalue weighted by Crippen LogP contribution is 2.36. The number of sulfonamides is 1. The highest BCUT2D eigenvalue weighted by atomic mass is 32.2. The maximum absolute atomic E-state index is 13.4. The molecule has 2 aliphatic rings. The Hall–Kier alpha value is -1.69. The van der Waals surface area contributed by atoms with Crippen molar-refractivity contribution < 1.29 is 13.5 Å². The molecule has 2 bridgehead atoms. The SMILES string of the molecule is Cc1ccc(S(=O)(=O)N2Cc3c4cc(CO)c(c3C2)CCCCCCCCCC4)cc1. The molecule has 4 rings (SSSR count). The van der Waals surface area contributed by atoms with Gasteiger partial charge in [-0.05, 0) is 72.6 Å². The molecule has 0 spiro atoms. The predicted octanol–water partition coefficient (Wildman–Crippen LogP) is 5.41. The summed E-state index contributed by atoms with van der Waals surface area (Å²) in [5.41, 5.74) is 6.84. The Morgan fingerprint density at radius 1 is 0.806 bits per heavy atom. The van der Waals surface area contributed by atoms with Crippen LogP contribution >= 0.6 is 0 Å². The smallest absolute Gasteiger partial charge is 0.243 e. The standard InChI is InChI=1S/C26H35NO3S/c1-20-12-14-23(15-13-20)31(29,30)27-17-25-21-10-8-6-4-2-3-5-7-9-11-24(26(25)18-27)22(16-21)19-28/h12-16,28H,2-11,17-19H2,1H3. The molecule has 0 saturated carbocycles. The maximum atomic E-state index is 13.4. The van der Waals surface area contributed by atoms with E-state index in [9.17, 15) is 13.5 Å². The first kappa shape index (κ1) is 22.5. The molecule has 5 heteroatoms. The van der Waals surface area contributed by atoms with Gasteiger partial charge in [-0.25, -0.2) is 8.42 Å². The third-order valence-electron chi connectivity index (χ3n) is 6.97. The van der Waals surface area contributed by atoms with Gasteiger partial charge in [0, 0.05) is 13.1 Å². The molecule has 0 saturated heterocycles. The van der Waals surface area contributed by atoms with Crippen molar-refractivity contribution in [3.63, 3.8) is 0 Å². The quantitative estimate of drug-likeness (QED) is 0.693. The van der Waals surface area contributed by atoms with E-state index in [1.165, 1.54) is 55.2 Å². The predicted molar refractivity (Wildman–Crippen MR) is 124 cm³/mol. The van der Waals surface area contributed by atoms with Crippen LogP contribution in [0.4, 0.5) is 0 Å². The lowest BCUT2D eigenvalue weighted by Gasteiger charge is -2.18. The van der Waals surface area contributed by atoms with Crippen molar-refractivity contribution in [3.8, 4) is 0 Å². The molecule has 0 amide bonds. The maximum Gasteiger partial charge on any atom is 0.243 e. The summed E-state index contributed by atoms with van der Waals surface area (Å²) in [4.78, 5) is 0.363. The Morgan fingerprint density at radius 3 is 2.03 bits per heavy atom. The van der Waals surface area contributed by atoms with E-state index in [0.717, 1.165) is 42.4 Å². The summed E-state index contributed by atoms with van der Waals surface area (Å²) in [6.07, 6.45) is 11.7. The van der Waals surface area contributed by atoms with Crippen LogP contribution in [0.25, 0.3) is 0 Å². The lowest BCUT2D eigenvalue weighted by atomic mass is 9.88. The van der Waals surface area contributed by atoms with E-state index in [2.05, 4.69) is 6.07 Å². The van der Waals surface area contributed by atoms with Crippen LogP contribution in [-0.2, 0) is 42.6 Å². The highest BCUT2D eigenvalue weighted by molar-refractivity contribution is 7.89. The minimum absolute atomic E-state index is 0.0281. The van der Waals surface area contributed by atoms with E-state index in [1.807, 2.05) is 19.1 Å². The van der Waals surface area contributed by atoms with Gasteiger partial charge in [0.1, 0.15) is 0 Å². The summed E-state index contributed by atoms with van der Waals surface area (Å²) in [6, 6.07) is 9.31. The van der Waals surface area contributed by atoms with Crippen molar-refractivity contribution in [2.24, 2.45) is 0 Å². The molecule has 0 radical (unpaired) electrons. The Bertz CT molecular complexity index is 1010. The Labute approximate surface area is 187 Å². The Balaban J connectivity index is 1.70. The third kappa shape index (κ3) is 4.89. The van der Waals surface area contributed by atoms with E-state index < -0.39 is 10.0 Å². The van der Waals surface area contributed by atoms with Crippen LogP contribution in [-0.4, -0.2) is 17.8 Å². The highest BCUT2D eigenvalue weighted by Gasteiger charge is 2.34. The van der Waals surface area contributed by atoms with Crippen molar-refractivity contribution in [3.05, 3.63) is 63.7 Å². The van der Waals surface area contributed by atoms with Crippen molar-refractivity contribution in [2.45, 2.75) is 95.7 Å². The molecule has 2 aromatic rings. The third-order valence-corrected chi connectivity index (χ3v) is 8.78. The number of hydrogen-bond acceptors (Lipinski definition) is 3. The number of aliphatic hydroxyl groups is 1. The molecule has 0 fully saturated rings. The largest absolute Gasteiger partial charge is 0.392 e. The number of fused-ring (bicyclic) bond motifs is 6. The van der Waals surface area contributed by atoms with Gasteiger partial charge in [-0.2, -0.15) is 4.31 Å². The summed E-state index contributed by atoms with van der Waals surface area (Å²) in [5, 5.41) is 10.1. The fourth-order valence-corrected chi connectivity index (χ4v) is 6.51. The molecule has 1 aliphatic carbocycles. The van der Waals surface area contributed by atoms with Crippen molar-refractivity contribution in [1.29, 1.82) is 0 Å². The van der Waals surface area contributed by atoms with Crippen LogP contribution in [0.2, 0.25) is 0 Å². The van der Waals surface area contributed by atoms with Gasteiger partial charge in [0.2, 0.25) is 10.0 Å². The molecule has 1 aliphatic heterocycles. The normalized spacial score (nSPS) is 18.6. The molecular formula is C26H35NO3S. The molecule has 2 aromatic carbocycles. The van der Waals surface area contributed by atoms with Crippen molar-refractivity contribution in [1.82, 2.24) is 4.31 Å². The van der Waals surface area contributed by atoms with Gasteiger partial charge in [-0.1, -0.05) is 62.3 Å². The second-order valence-electron chi connectivity index (χ2n) is 9.20. The lowest BCUT2D eigenvalue weighted by Crippen LogP contribution is -2.25. The topological polar surface area (TPSA) is 57.6 Å². The summed E-state index contributed by atoms with van der Waals surface area (Å²) >= 11 is 0. The summed E-state index contributed by atoms with van der Waals surface area (Å²) < 4.78 is 28.4. The van der Waals surface area contributed by atoms with E-state index in [4.69, 9.17) is 0 Å². The van der Waals surface area contributed by atoms with Gasteiger partial charge in [0.15, 0.2) is 0 Å². The van der Waals surface area contributed by atoms with Gasteiger partial charge in [-0.15, -0.1) is 0 Å². The number of aliphatic hydroxyl groups excluding tert-OH is 1. The molecule has 4 nitrogen and oxygen atoms in total. The van der Waals surface area contributed by atoms with Crippen LogP contribution in [0.1, 0.15) is 84.7 Å². The van der Waals surface area contributed by atoms with Gasteiger partial charge in [0.05, 0.1) is 11.5 Å². The zero-order valence-electron chi connectivity index (χ0n) is 18.7. The average Bonchev–Trinajstić information content (AvgIpc) is 3.22. The first-order valence-corrected chi connectivity index (χ1v) is 13.3. The molecular weight excluding hydrogens is 406 g/mol. The van der Waals surface area contributed by atoms with Crippen LogP contribution < -0.4 is 0 Å². The zero-order chi connectivity index (χ0) is 21.8. The fourth-order valence-electron chi connectivity index (χ4n) is 5.13. The molecule has 168 valence electrons. The molecule has 1 N–H and O–H groups in total. The lowest BCUT2D eigenvalue weighted by molar-refractivity contribution is 0.280. The second kappa shape index (κ2) is 9.85. The van der Waals surface area contributed by atoms with Gasteiger partial charge < -0.3 is 5.11 Å². The second-order valence-corrected chi connectivity index (χ2v) is 11.1. The van der Waals surface area contributed by atoms with Crippen LogP contribution in [0.5, 0.6) is 0 Å².